The standard InChI is InChI=1S/C31H30N2O3S/c1-31(2,3)32-30(35)28-29-27(23-12-8-9-13-25(23)37-29)24(21-10-6-5-7-11-21)18-26(34)33(28)19-20-14-16-22(36-4)17-15-20/h5-18,28H,19H2,1-4H3,(H,32,35). The Morgan fingerprint density at radius 1 is 0.973 bits per heavy atom. The average Bonchev–Trinajstić information content (AvgIpc) is 3.20. The zero-order valence-electron chi connectivity index (χ0n) is 21.4. The van der Waals surface area contributed by atoms with Gasteiger partial charge in [-0.15, -0.1) is 11.3 Å². The van der Waals surface area contributed by atoms with Crippen molar-refractivity contribution in [3.05, 3.63) is 107 Å². The minimum absolute atomic E-state index is 0.190. The van der Waals surface area contributed by atoms with Crippen molar-refractivity contribution < 1.29 is 14.3 Å². The van der Waals surface area contributed by atoms with Crippen LogP contribution in [0.25, 0.3) is 15.7 Å². The van der Waals surface area contributed by atoms with Crippen LogP contribution in [-0.2, 0) is 16.1 Å². The molecule has 6 heteroatoms. The van der Waals surface area contributed by atoms with E-state index in [1.807, 2.05) is 87.5 Å². The van der Waals surface area contributed by atoms with Gasteiger partial charge in [-0.1, -0.05) is 60.7 Å². The maximum atomic E-state index is 14.0. The Kier molecular flexibility index (Phi) is 6.61. The SMILES string of the molecule is COc1ccc(CN2C(=O)C=C(c3ccccc3)c3c(sc4ccccc34)C2C(=O)NC(C)(C)C)cc1. The third kappa shape index (κ3) is 5.02. The minimum Gasteiger partial charge on any atom is -0.497 e. The van der Waals surface area contributed by atoms with Crippen molar-refractivity contribution in [2.75, 3.05) is 7.11 Å². The normalized spacial score (nSPS) is 15.7. The molecule has 4 aromatic rings. The summed E-state index contributed by atoms with van der Waals surface area (Å²) < 4.78 is 6.39. The molecule has 0 spiro atoms. The summed E-state index contributed by atoms with van der Waals surface area (Å²) in [4.78, 5) is 30.5. The number of nitrogens with zero attached hydrogens (tertiary/aromatic N) is 1. The first-order valence-electron chi connectivity index (χ1n) is 12.3. The van der Waals surface area contributed by atoms with E-state index in [1.54, 1.807) is 29.4 Å². The summed E-state index contributed by atoms with van der Waals surface area (Å²) in [5, 5.41) is 4.19. The van der Waals surface area contributed by atoms with Crippen LogP contribution in [0.4, 0.5) is 0 Å². The first-order valence-corrected chi connectivity index (χ1v) is 13.1. The van der Waals surface area contributed by atoms with Gasteiger partial charge in [0.1, 0.15) is 11.8 Å². The van der Waals surface area contributed by atoms with Gasteiger partial charge in [0.2, 0.25) is 11.8 Å². The number of carbonyl (C=O) groups is 2. The molecule has 0 saturated carbocycles. The second-order valence-corrected chi connectivity index (χ2v) is 11.3. The number of ether oxygens (including phenoxy) is 1. The number of amides is 2. The molecule has 0 saturated heterocycles. The number of fused-ring (bicyclic) bond motifs is 3. The lowest BCUT2D eigenvalue weighted by molar-refractivity contribution is -0.138. The van der Waals surface area contributed by atoms with E-state index in [1.165, 1.54) is 0 Å². The third-order valence-corrected chi connectivity index (χ3v) is 7.57. The van der Waals surface area contributed by atoms with E-state index in [4.69, 9.17) is 4.74 Å². The van der Waals surface area contributed by atoms with Crippen LogP contribution < -0.4 is 10.1 Å². The average molecular weight is 511 g/mol. The molecule has 3 aromatic carbocycles. The van der Waals surface area contributed by atoms with Gasteiger partial charge in [0.15, 0.2) is 0 Å². The van der Waals surface area contributed by atoms with Crippen LogP contribution in [0.2, 0.25) is 0 Å². The van der Waals surface area contributed by atoms with Crippen LogP contribution in [-0.4, -0.2) is 29.4 Å². The zero-order chi connectivity index (χ0) is 26.2. The van der Waals surface area contributed by atoms with E-state index < -0.39 is 11.6 Å². The molecule has 1 unspecified atom stereocenters. The Hall–Kier alpha value is -3.90. The summed E-state index contributed by atoms with van der Waals surface area (Å²) in [6.07, 6.45) is 1.70. The van der Waals surface area contributed by atoms with Crippen LogP contribution in [0.3, 0.4) is 0 Å². The number of nitrogens with one attached hydrogen (secondary N) is 1. The second kappa shape index (κ2) is 9.87. The number of thiophene rings is 1. The predicted octanol–water partition coefficient (Wildman–Crippen LogP) is 6.34. The largest absolute Gasteiger partial charge is 0.497 e. The van der Waals surface area contributed by atoms with E-state index in [-0.39, 0.29) is 18.4 Å². The van der Waals surface area contributed by atoms with Gasteiger partial charge in [0.05, 0.1) is 7.11 Å². The zero-order valence-corrected chi connectivity index (χ0v) is 22.3. The number of benzene rings is 3. The molecule has 5 nitrogen and oxygen atoms in total. The molecule has 2 heterocycles. The fourth-order valence-electron chi connectivity index (χ4n) is 4.72. The molecule has 1 aromatic heterocycles. The topological polar surface area (TPSA) is 58.6 Å². The molecule has 1 aliphatic rings. The van der Waals surface area contributed by atoms with Crippen molar-refractivity contribution in [2.45, 2.75) is 38.9 Å². The fourth-order valence-corrected chi connectivity index (χ4v) is 6.05. The Labute approximate surface area is 221 Å². The first kappa shape index (κ1) is 24.8. The number of hydrogen-bond acceptors (Lipinski definition) is 4. The highest BCUT2D eigenvalue weighted by Crippen LogP contribution is 2.45. The molecule has 1 N–H and O–H groups in total. The molecule has 1 aliphatic heterocycles. The summed E-state index contributed by atoms with van der Waals surface area (Å²) in [7, 11) is 1.62. The Morgan fingerprint density at radius 3 is 2.32 bits per heavy atom. The maximum absolute atomic E-state index is 14.0. The molecule has 1 atom stereocenters. The van der Waals surface area contributed by atoms with E-state index in [2.05, 4.69) is 17.4 Å². The molecule has 2 amide bonds. The van der Waals surface area contributed by atoms with Crippen molar-refractivity contribution in [2.24, 2.45) is 0 Å². The van der Waals surface area contributed by atoms with Crippen molar-refractivity contribution in [1.29, 1.82) is 0 Å². The summed E-state index contributed by atoms with van der Waals surface area (Å²) in [6, 6.07) is 24.9. The molecule has 37 heavy (non-hydrogen) atoms. The number of methoxy groups -OCH3 is 1. The lowest BCUT2D eigenvalue weighted by atomic mass is 9.94. The summed E-state index contributed by atoms with van der Waals surface area (Å²) >= 11 is 1.58. The number of rotatable bonds is 5. The van der Waals surface area contributed by atoms with E-state index in [0.717, 1.165) is 43.0 Å². The lowest BCUT2D eigenvalue weighted by Crippen LogP contribution is -2.48. The van der Waals surface area contributed by atoms with Gasteiger partial charge in [0, 0.05) is 38.7 Å². The molecule has 0 radical (unpaired) electrons. The van der Waals surface area contributed by atoms with E-state index >= 15 is 0 Å². The fraction of sp³-hybridized carbons (Fsp3) is 0.226. The van der Waals surface area contributed by atoms with Crippen LogP contribution in [0, 0.1) is 0 Å². The van der Waals surface area contributed by atoms with Crippen LogP contribution in [0.5, 0.6) is 5.75 Å². The number of carbonyl (C=O) groups excluding carboxylic acids is 2. The van der Waals surface area contributed by atoms with E-state index in [0.29, 0.717) is 0 Å². The van der Waals surface area contributed by atoms with Crippen molar-refractivity contribution in [3.8, 4) is 5.75 Å². The van der Waals surface area contributed by atoms with Crippen LogP contribution in [0.1, 0.15) is 48.4 Å². The maximum Gasteiger partial charge on any atom is 0.248 e. The molecule has 5 rings (SSSR count). The molecule has 0 fully saturated rings. The highest BCUT2D eigenvalue weighted by Gasteiger charge is 2.39. The van der Waals surface area contributed by atoms with Gasteiger partial charge >= 0.3 is 0 Å². The van der Waals surface area contributed by atoms with Gasteiger partial charge in [-0.05, 0) is 55.7 Å². The molecule has 188 valence electrons. The van der Waals surface area contributed by atoms with Crippen LogP contribution >= 0.6 is 11.3 Å². The molecular weight excluding hydrogens is 480 g/mol. The lowest BCUT2D eigenvalue weighted by Gasteiger charge is -2.32. The Bertz CT molecular complexity index is 1480. The smallest absolute Gasteiger partial charge is 0.248 e. The van der Waals surface area contributed by atoms with Gasteiger partial charge in [0.25, 0.3) is 0 Å². The molecule has 0 bridgehead atoms. The monoisotopic (exact) mass is 510 g/mol. The summed E-state index contributed by atoms with van der Waals surface area (Å²) in [5.41, 5.74) is 3.20. The first-order chi connectivity index (χ1) is 17.7. The van der Waals surface area contributed by atoms with Crippen molar-refractivity contribution in [1.82, 2.24) is 10.2 Å². The molecular formula is C31H30N2O3S. The van der Waals surface area contributed by atoms with Crippen molar-refractivity contribution >= 4 is 38.8 Å². The highest BCUT2D eigenvalue weighted by atomic mass is 32.1. The van der Waals surface area contributed by atoms with Gasteiger partial charge < -0.3 is 15.0 Å². The van der Waals surface area contributed by atoms with Gasteiger partial charge in [-0.25, -0.2) is 0 Å². The molecule has 0 aliphatic carbocycles. The number of hydrogen-bond donors (Lipinski definition) is 1. The minimum atomic E-state index is -0.779. The highest BCUT2D eigenvalue weighted by molar-refractivity contribution is 7.19. The Balaban J connectivity index is 1.73. The van der Waals surface area contributed by atoms with Gasteiger partial charge in [-0.3, -0.25) is 9.59 Å². The Morgan fingerprint density at radius 2 is 1.65 bits per heavy atom. The third-order valence-electron chi connectivity index (χ3n) is 6.35. The van der Waals surface area contributed by atoms with E-state index in [9.17, 15) is 9.59 Å². The van der Waals surface area contributed by atoms with Gasteiger partial charge in [-0.2, -0.15) is 0 Å². The quantitative estimate of drug-likeness (QED) is 0.341. The summed E-state index contributed by atoms with van der Waals surface area (Å²) in [5.74, 6) is 0.354. The van der Waals surface area contributed by atoms with Crippen LogP contribution in [0.15, 0.2) is 84.9 Å². The second-order valence-electron chi connectivity index (χ2n) is 10.2. The van der Waals surface area contributed by atoms with Crippen molar-refractivity contribution in [3.63, 3.8) is 0 Å². The summed E-state index contributed by atoms with van der Waals surface area (Å²) in [6.45, 7) is 6.15. The predicted molar refractivity (Wildman–Crippen MR) is 150 cm³/mol.